The molecule has 132 valence electrons. The number of aromatic nitrogens is 3. The van der Waals surface area contributed by atoms with Crippen LogP contribution in [0.5, 0.6) is 5.75 Å². The highest BCUT2D eigenvalue weighted by molar-refractivity contribution is 5.91. The maximum Gasteiger partial charge on any atom is 0.267 e. The van der Waals surface area contributed by atoms with E-state index in [-0.39, 0.29) is 17.6 Å². The fraction of sp³-hybridized carbons (Fsp3) is 0.412. The number of amides is 1. The van der Waals surface area contributed by atoms with Crippen LogP contribution in [0.25, 0.3) is 0 Å². The molecule has 1 aliphatic rings. The van der Waals surface area contributed by atoms with Crippen LogP contribution in [0.15, 0.2) is 24.7 Å². The lowest BCUT2D eigenvalue weighted by atomic mass is 10.1. The number of aryl methyl sites for hydroxylation is 1. The van der Waals surface area contributed by atoms with Gasteiger partial charge < -0.3 is 15.4 Å². The van der Waals surface area contributed by atoms with Gasteiger partial charge in [0.25, 0.3) is 5.91 Å². The molecule has 2 N–H and O–H groups in total. The van der Waals surface area contributed by atoms with E-state index in [1.54, 1.807) is 6.07 Å². The van der Waals surface area contributed by atoms with Gasteiger partial charge in [0, 0.05) is 38.2 Å². The number of piperidine rings is 1. The summed E-state index contributed by atoms with van der Waals surface area (Å²) in [6, 6.07) is 3.22. The van der Waals surface area contributed by atoms with Crippen molar-refractivity contribution in [3.63, 3.8) is 0 Å². The third-order valence-corrected chi connectivity index (χ3v) is 4.21. The molecule has 0 spiro atoms. The van der Waals surface area contributed by atoms with E-state index in [1.807, 2.05) is 11.8 Å². The van der Waals surface area contributed by atoms with E-state index in [4.69, 9.17) is 10.5 Å². The molecule has 1 aliphatic heterocycles. The van der Waals surface area contributed by atoms with E-state index in [2.05, 4.69) is 15.0 Å². The normalized spacial score (nSPS) is 15.2. The van der Waals surface area contributed by atoms with Gasteiger partial charge >= 0.3 is 0 Å². The minimum Gasteiger partial charge on any atom is -0.490 e. The zero-order valence-electron chi connectivity index (χ0n) is 14.0. The predicted molar refractivity (Wildman–Crippen MR) is 90.0 cm³/mol. The van der Waals surface area contributed by atoms with E-state index < -0.39 is 5.91 Å². The molecule has 3 rings (SSSR count). The maximum atomic E-state index is 14.4. The number of pyridine rings is 1. The van der Waals surface area contributed by atoms with Crippen molar-refractivity contribution in [1.29, 1.82) is 0 Å². The van der Waals surface area contributed by atoms with Crippen LogP contribution >= 0.6 is 0 Å². The Hall–Kier alpha value is -2.77. The van der Waals surface area contributed by atoms with Crippen molar-refractivity contribution >= 4 is 11.7 Å². The number of halogens is 1. The fourth-order valence-corrected chi connectivity index (χ4v) is 2.86. The quantitative estimate of drug-likeness (QED) is 0.887. The van der Waals surface area contributed by atoms with Gasteiger partial charge in [-0.05, 0) is 12.5 Å². The molecule has 0 bridgehead atoms. The van der Waals surface area contributed by atoms with Gasteiger partial charge in [0.1, 0.15) is 23.9 Å². The molecule has 1 fully saturated rings. The molecule has 0 aromatic carbocycles. The van der Waals surface area contributed by atoms with Crippen molar-refractivity contribution in [3.05, 3.63) is 41.9 Å². The molecule has 1 amide bonds. The number of nitrogens with two attached hydrogens (primary N) is 1. The summed E-state index contributed by atoms with van der Waals surface area (Å²) in [6.45, 7) is 3.13. The molecule has 0 aliphatic carbocycles. The molecular weight excluding hydrogens is 325 g/mol. The van der Waals surface area contributed by atoms with Crippen molar-refractivity contribution in [1.82, 2.24) is 15.0 Å². The number of anilines is 1. The molecular formula is C17H20FN5O2. The predicted octanol–water partition coefficient (Wildman–Crippen LogP) is 1.72. The average molecular weight is 345 g/mol. The average Bonchev–Trinajstić information content (AvgIpc) is 2.63. The van der Waals surface area contributed by atoms with Crippen molar-refractivity contribution in [3.8, 4) is 5.75 Å². The zero-order valence-corrected chi connectivity index (χ0v) is 14.0. The van der Waals surface area contributed by atoms with Crippen LogP contribution in [-0.4, -0.2) is 40.1 Å². The second kappa shape index (κ2) is 7.42. The largest absolute Gasteiger partial charge is 0.490 e. The van der Waals surface area contributed by atoms with Crippen LogP contribution in [0.3, 0.4) is 0 Å². The number of nitrogens with zero attached hydrogens (tertiary/aromatic N) is 4. The van der Waals surface area contributed by atoms with Gasteiger partial charge in [-0.25, -0.2) is 14.4 Å². The van der Waals surface area contributed by atoms with Crippen molar-refractivity contribution in [2.24, 2.45) is 5.73 Å². The van der Waals surface area contributed by atoms with Crippen LogP contribution in [0.1, 0.15) is 35.9 Å². The van der Waals surface area contributed by atoms with Gasteiger partial charge in [0.05, 0.1) is 5.69 Å². The third-order valence-electron chi connectivity index (χ3n) is 4.21. The van der Waals surface area contributed by atoms with E-state index in [9.17, 15) is 9.18 Å². The Balaban J connectivity index is 1.63. The van der Waals surface area contributed by atoms with Crippen molar-refractivity contribution in [2.75, 3.05) is 18.0 Å². The summed E-state index contributed by atoms with van der Waals surface area (Å²) in [5.41, 5.74) is 5.83. The highest BCUT2D eigenvalue weighted by Gasteiger charge is 2.24. The second-order valence-electron chi connectivity index (χ2n) is 5.86. The van der Waals surface area contributed by atoms with Gasteiger partial charge in [-0.3, -0.25) is 9.78 Å². The van der Waals surface area contributed by atoms with Gasteiger partial charge in [-0.15, -0.1) is 0 Å². The zero-order chi connectivity index (χ0) is 17.8. The van der Waals surface area contributed by atoms with Crippen molar-refractivity contribution < 1.29 is 13.9 Å². The first-order valence-corrected chi connectivity index (χ1v) is 8.25. The summed E-state index contributed by atoms with van der Waals surface area (Å²) in [6.07, 6.45) is 4.86. The molecule has 0 unspecified atom stereocenters. The van der Waals surface area contributed by atoms with Crippen LogP contribution in [0, 0.1) is 5.82 Å². The first kappa shape index (κ1) is 17.1. The molecule has 0 atom stereocenters. The molecule has 2 aromatic heterocycles. The van der Waals surface area contributed by atoms with Crippen LogP contribution in [-0.2, 0) is 6.42 Å². The maximum absolute atomic E-state index is 14.4. The minimum absolute atomic E-state index is 0.0186. The standard InChI is InChI=1S/C17H20FN5O2/c1-2-13-15(18)17(22-10-21-13)23-7-4-11(5-8-23)25-12-3-6-20-14(9-12)16(19)24/h3,6,9-11H,2,4-5,7-8H2,1H3,(H2,19,24). The molecule has 25 heavy (non-hydrogen) atoms. The van der Waals surface area contributed by atoms with Crippen molar-refractivity contribution in [2.45, 2.75) is 32.3 Å². The Kier molecular flexibility index (Phi) is 5.06. The molecule has 2 aromatic rings. The molecule has 3 heterocycles. The van der Waals surface area contributed by atoms with Gasteiger partial charge in [-0.1, -0.05) is 6.92 Å². The first-order valence-electron chi connectivity index (χ1n) is 8.25. The Bertz CT molecular complexity index is 762. The van der Waals surface area contributed by atoms with Crippen LogP contribution in [0.2, 0.25) is 0 Å². The lowest BCUT2D eigenvalue weighted by Gasteiger charge is -2.33. The highest BCUT2D eigenvalue weighted by Crippen LogP contribution is 2.24. The number of hydrogen-bond acceptors (Lipinski definition) is 6. The molecule has 8 heteroatoms. The van der Waals surface area contributed by atoms with Gasteiger partial charge in [-0.2, -0.15) is 0 Å². The summed E-state index contributed by atoms with van der Waals surface area (Å²) < 4.78 is 20.3. The van der Waals surface area contributed by atoms with E-state index in [1.165, 1.54) is 18.6 Å². The molecule has 0 radical (unpaired) electrons. The Morgan fingerprint density at radius 3 is 2.80 bits per heavy atom. The van der Waals surface area contributed by atoms with E-state index >= 15 is 0 Å². The summed E-state index contributed by atoms with van der Waals surface area (Å²) in [5, 5.41) is 0. The number of carbonyl (C=O) groups excluding carboxylic acids is 1. The lowest BCUT2D eigenvalue weighted by Crippen LogP contribution is -2.39. The molecule has 1 saturated heterocycles. The highest BCUT2D eigenvalue weighted by atomic mass is 19.1. The Morgan fingerprint density at radius 1 is 1.36 bits per heavy atom. The summed E-state index contributed by atoms with van der Waals surface area (Å²) in [7, 11) is 0. The Morgan fingerprint density at radius 2 is 2.12 bits per heavy atom. The van der Waals surface area contributed by atoms with Crippen LogP contribution in [0.4, 0.5) is 10.2 Å². The monoisotopic (exact) mass is 345 g/mol. The first-order chi connectivity index (χ1) is 12.1. The van der Waals surface area contributed by atoms with Gasteiger partial charge in [0.2, 0.25) is 0 Å². The topological polar surface area (TPSA) is 94.2 Å². The molecule has 7 nitrogen and oxygen atoms in total. The number of primary amides is 1. The summed E-state index contributed by atoms with van der Waals surface area (Å²) in [5.74, 6) is -0.0233. The van der Waals surface area contributed by atoms with E-state index in [0.717, 1.165) is 12.8 Å². The summed E-state index contributed by atoms with van der Waals surface area (Å²) >= 11 is 0. The number of hydrogen-bond donors (Lipinski definition) is 1. The molecule has 0 saturated carbocycles. The van der Waals surface area contributed by atoms with Gasteiger partial charge in [0.15, 0.2) is 11.6 Å². The number of carbonyl (C=O) groups is 1. The van der Waals surface area contributed by atoms with E-state index in [0.29, 0.717) is 36.8 Å². The summed E-state index contributed by atoms with van der Waals surface area (Å²) in [4.78, 5) is 25.0. The number of ether oxygens (including phenoxy) is 1. The second-order valence-corrected chi connectivity index (χ2v) is 5.86. The third kappa shape index (κ3) is 3.84. The smallest absolute Gasteiger partial charge is 0.267 e. The minimum atomic E-state index is -0.591. The van der Waals surface area contributed by atoms with Crippen LogP contribution < -0.4 is 15.4 Å². The Labute approximate surface area is 145 Å². The SMILES string of the molecule is CCc1ncnc(N2CCC(Oc3ccnc(C(N)=O)c3)CC2)c1F. The number of rotatable bonds is 5. The fourth-order valence-electron chi connectivity index (χ4n) is 2.86. The lowest BCUT2D eigenvalue weighted by molar-refractivity contribution is 0.0994.